The molecule has 0 aliphatic heterocycles. The molecule has 0 radical (unpaired) electrons. The molecule has 0 fully saturated rings. The van der Waals surface area contributed by atoms with Crippen LogP contribution in [0, 0.1) is 6.92 Å². The summed E-state index contributed by atoms with van der Waals surface area (Å²) in [5, 5.41) is 3.43. The summed E-state index contributed by atoms with van der Waals surface area (Å²) in [4.78, 5) is 28.2. The van der Waals surface area contributed by atoms with Crippen molar-refractivity contribution >= 4 is 39.1 Å². The van der Waals surface area contributed by atoms with E-state index in [0.717, 1.165) is 23.8 Å². The largest absolute Gasteiger partial charge is 0.352 e. The van der Waals surface area contributed by atoms with Crippen molar-refractivity contribution in [2.45, 2.75) is 72.0 Å². The highest BCUT2D eigenvalue weighted by Gasteiger charge is 2.29. The van der Waals surface area contributed by atoms with Gasteiger partial charge in [-0.25, -0.2) is 8.42 Å². The third-order valence-corrected chi connectivity index (χ3v) is 7.50. The standard InChI is InChI=1S/C27H38ClN3O4S/c1-6-21(4)29-27(33)25(7-2)30(19-22-12-8-11-20(3)17-22)26(32)15-10-16-31(36(5,34)35)24-14-9-13-23(28)18-24/h8-9,11-14,17-18,21,25H,6-7,10,15-16,19H2,1-5H3,(H,29,33)/t21-,25-/m0/s1. The van der Waals surface area contributed by atoms with Crippen LogP contribution >= 0.6 is 11.6 Å². The lowest BCUT2D eigenvalue weighted by molar-refractivity contribution is -0.141. The van der Waals surface area contributed by atoms with Crippen LogP contribution in [-0.2, 0) is 26.2 Å². The Morgan fingerprint density at radius 3 is 2.33 bits per heavy atom. The van der Waals surface area contributed by atoms with E-state index < -0.39 is 16.1 Å². The molecule has 7 nitrogen and oxygen atoms in total. The number of halogens is 1. The smallest absolute Gasteiger partial charge is 0.243 e. The Hall–Kier alpha value is -2.58. The number of carbonyl (C=O) groups excluding carboxylic acids is 2. The summed E-state index contributed by atoms with van der Waals surface area (Å²) < 4.78 is 26.1. The first kappa shape index (κ1) is 29.6. The Labute approximate surface area is 220 Å². The number of amides is 2. The fraction of sp³-hybridized carbons (Fsp3) is 0.481. The maximum atomic E-state index is 13.5. The normalized spacial score (nSPS) is 13.1. The number of nitrogens with one attached hydrogen (secondary N) is 1. The Morgan fingerprint density at radius 1 is 1.06 bits per heavy atom. The zero-order valence-corrected chi connectivity index (χ0v) is 23.4. The van der Waals surface area contributed by atoms with Gasteiger partial charge >= 0.3 is 0 Å². The third kappa shape index (κ3) is 8.82. The first-order valence-electron chi connectivity index (χ1n) is 12.3. The average Bonchev–Trinajstić information content (AvgIpc) is 2.80. The fourth-order valence-electron chi connectivity index (χ4n) is 4.00. The number of anilines is 1. The lowest BCUT2D eigenvalue weighted by atomic mass is 10.1. The van der Waals surface area contributed by atoms with Crippen molar-refractivity contribution in [3.8, 4) is 0 Å². The van der Waals surface area contributed by atoms with E-state index in [0.29, 0.717) is 30.1 Å². The summed E-state index contributed by atoms with van der Waals surface area (Å²) >= 11 is 6.06. The molecule has 0 heterocycles. The van der Waals surface area contributed by atoms with Crippen LogP contribution in [0.4, 0.5) is 5.69 Å². The minimum Gasteiger partial charge on any atom is -0.352 e. The highest BCUT2D eigenvalue weighted by molar-refractivity contribution is 7.92. The van der Waals surface area contributed by atoms with Crippen LogP contribution in [0.15, 0.2) is 48.5 Å². The van der Waals surface area contributed by atoms with E-state index in [-0.39, 0.29) is 30.8 Å². The van der Waals surface area contributed by atoms with Crippen LogP contribution in [-0.4, -0.2) is 50.0 Å². The van der Waals surface area contributed by atoms with Gasteiger partial charge in [-0.1, -0.05) is 61.3 Å². The number of hydrogen-bond donors (Lipinski definition) is 1. The number of benzene rings is 2. The van der Waals surface area contributed by atoms with Crippen LogP contribution in [0.1, 0.15) is 57.6 Å². The lowest BCUT2D eigenvalue weighted by Gasteiger charge is -2.32. The summed E-state index contributed by atoms with van der Waals surface area (Å²) in [6.07, 6.45) is 2.79. The molecule has 0 aliphatic rings. The summed E-state index contributed by atoms with van der Waals surface area (Å²) in [5.41, 5.74) is 2.46. The number of sulfonamides is 1. The van der Waals surface area contributed by atoms with Crippen molar-refractivity contribution in [3.63, 3.8) is 0 Å². The van der Waals surface area contributed by atoms with Crippen LogP contribution in [0.25, 0.3) is 0 Å². The second kappa shape index (κ2) is 13.7. The van der Waals surface area contributed by atoms with Gasteiger partial charge in [-0.05, 0) is 56.9 Å². The van der Waals surface area contributed by atoms with E-state index >= 15 is 0 Å². The number of rotatable bonds is 13. The van der Waals surface area contributed by atoms with Gasteiger partial charge in [0.1, 0.15) is 6.04 Å². The molecule has 2 aromatic carbocycles. The predicted molar refractivity (Wildman–Crippen MR) is 147 cm³/mol. The number of hydrogen-bond acceptors (Lipinski definition) is 4. The van der Waals surface area contributed by atoms with Crippen LogP contribution in [0.3, 0.4) is 0 Å². The molecule has 2 atom stereocenters. The van der Waals surface area contributed by atoms with E-state index in [2.05, 4.69) is 5.32 Å². The summed E-state index contributed by atoms with van der Waals surface area (Å²) in [7, 11) is -3.57. The molecule has 9 heteroatoms. The molecule has 1 N–H and O–H groups in total. The Balaban J connectivity index is 2.23. The van der Waals surface area contributed by atoms with Gasteiger partial charge in [-0.3, -0.25) is 13.9 Å². The molecular weight excluding hydrogens is 498 g/mol. The SMILES string of the molecule is CC[C@H](C)NC(=O)[C@H](CC)N(Cc1cccc(C)c1)C(=O)CCCN(c1cccc(Cl)c1)S(C)(=O)=O. The fourth-order valence-corrected chi connectivity index (χ4v) is 5.14. The molecule has 198 valence electrons. The molecule has 0 saturated carbocycles. The van der Waals surface area contributed by atoms with E-state index in [1.807, 2.05) is 52.0 Å². The summed E-state index contributed by atoms with van der Waals surface area (Å²) in [6, 6.07) is 13.9. The topological polar surface area (TPSA) is 86.8 Å². The number of nitrogens with zero attached hydrogens (tertiary/aromatic N) is 2. The Kier molecular flexibility index (Phi) is 11.2. The second-order valence-electron chi connectivity index (χ2n) is 9.17. The van der Waals surface area contributed by atoms with Crippen molar-refractivity contribution in [1.29, 1.82) is 0 Å². The van der Waals surface area contributed by atoms with Crippen LogP contribution < -0.4 is 9.62 Å². The third-order valence-electron chi connectivity index (χ3n) is 6.07. The van der Waals surface area contributed by atoms with Crippen LogP contribution in [0.5, 0.6) is 0 Å². The molecule has 0 aliphatic carbocycles. The van der Waals surface area contributed by atoms with Gasteiger partial charge in [0.2, 0.25) is 21.8 Å². The molecule has 2 amide bonds. The van der Waals surface area contributed by atoms with Gasteiger partial charge in [0.15, 0.2) is 0 Å². The van der Waals surface area contributed by atoms with Crippen molar-refractivity contribution in [2.75, 3.05) is 17.1 Å². The summed E-state index contributed by atoms with van der Waals surface area (Å²) in [6.45, 7) is 8.23. The monoisotopic (exact) mass is 535 g/mol. The van der Waals surface area contributed by atoms with Crippen molar-refractivity contribution < 1.29 is 18.0 Å². The molecule has 36 heavy (non-hydrogen) atoms. The lowest BCUT2D eigenvalue weighted by Crippen LogP contribution is -2.50. The van der Waals surface area contributed by atoms with E-state index in [1.54, 1.807) is 29.2 Å². The van der Waals surface area contributed by atoms with Gasteiger partial charge in [0.25, 0.3) is 0 Å². The van der Waals surface area contributed by atoms with Gasteiger partial charge in [0, 0.05) is 30.6 Å². The zero-order chi connectivity index (χ0) is 26.9. The maximum absolute atomic E-state index is 13.5. The Morgan fingerprint density at radius 2 is 1.75 bits per heavy atom. The highest BCUT2D eigenvalue weighted by atomic mass is 35.5. The number of aryl methyl sites for hydroxylation is 1. The minimum absolute atomic E-state index is 0.00323. The molecule has 0 aromatic heterocycles. The first-order valence-corrected chi connectivity index (χ1v) is 14.6. The molecule has 0 bridgehead atoms. The molecule has 0 unspecified atom stereocenters. The van der Waals surface area contributed by atoms with Crippen molar-refractivity contribution in [3.05, 3.63) is 64.7 Å². The van der Waals surface area contributed by atoms with Gasteiger partial charge in [-0.2, -0.15) is 0 Å². The van der Waals surface area contributed by atoms with E-state index in [4.69, 9.17) is 11.6 Å². The molecule has 2 rings (SSSR count). The van der Waals surface area contributed by atoms with E-state index in [1.165, 1.54) is 4.31 Å². The first-order chi connectivity index (χ1) is 17.0. The minimum atomic E-state index is -3.57. The molecule has 0 spiro atoms. The van der Waals surface area contributed by atoms with Crippen molar-refractivity contribution in [2.24, 2.45) is 0 Å². The molecule has 2 aromatic rings. The highest BCUT2D eigenvalue weighted by Crippen LogP contribution is 2.23. The van der Waals surface area contributed by atoms with Gasteiger partial charge < -0.3 is 10.2 Å². The maximum Gasteiger partial charge on any atom is 0.243 e. The zero-order valence-electron chi connectivity index (χ0n) is 21.8. The molecular formula is C27H38ClN3O4S. The van der Waals surface area contributed by atoms with Crippen molar-refractivity contribution in [1.82, 2.24) is 10.2 Å². The second-order valence-corrected chi connectivity index (χ2v) is 11.5. The van der Waals surface area contributed by atoms with Gasteiger partial charge in [0.05, 0.1) is 11.9 Å². The number of carbonyl (C=O) groups is 2. The van der Waals surface area contributed by atoms with E-state index in [9.17, 15) is 18.0 Å². The quantitative estimate of drug-likeness (QED) is 0.394. The van der Waals surface area contributed by atoms with Crippen LogP contribution in [0.2, 0.25) is 5.02 Å². The Bertz CT molecular complexity index is 1140. The van der Waals surface area contributed by atoms with Gasteiger partial charge in [-0.15, -0.1) is 0 Å². The summed E-state index contributed by atoms with van der Waals surface area (Å²) in [5.74, 6) is -0.369. The molecule has 0 saturated heterocycles. The average molecular weight is 536 g/mol. The predicted octanol–water partition coefficient (Wildman–Crippen LogP) is 4.92.